The summed E-state index contributed by atoms with van der Waals surface area (Å²) in [5, 5.41) is 12.1. The van der Waals surface area contributed by atoms with E-state index in [1.807, 2.05) is 73.0 Å². The van der Waals surface area contributed by atoms with E-state index in [9.17, 15) is 4.79 Å². The maximum atomic E-state index is 12.2. The zero-order valence-electron chi connectivity index (χ0n) is 15.6. The Balaban J connectivity index is 1.61. The molecule has 146 valence electrons. The van der Waals surface area contributed by atoms with Crippen molar-refractivity contribution >= 4 is 39.3 Å². The summed E-state index contributed by atoms with van der Waals surface area (Å²) >= 11 is 4.74. The van der Waals surface area contributed by atoms with Gasteiger partial charge >= 0.3 is 0 Å². The van der Waals surface area contributed by atoms with Crippen LogP contribution < -0.4 is 10.1 Å². The molecule has 0 aliphatic rings. The van der Waals surface area contributed by atoms with Crippen molar-refractivity contribution in [2.45, 2.75) is 31.7 Å². The highest BCUT2D eigenvalue weighted by atomic mass is 79.9. The lowest BCUT2D eigenvalue weighted by atomic mass is 10.3. The van der Waals surface area contributed by atoms with Crippen LogP contribution in [0.2, 0.25) is 0 Å². The molecule has 0 saturated carbocycles. The molecule has 0 spiro atoms. The van der Waals surface area contributed by atoms with E-state index in [1.54, 1.807) is 0 Å². The van der Waals surface area contributed by atoms with E-state index in [0.717, 1.165) is 21.7 Å². The molecule has 3 rings (SSSR count). The molecular weight excluding hydrogens is 440 g/mol. The third-order valence-electron chi connectivity index (χ3n) is 3.94. The van der Waals surface area contributed by atoms with Gasteiger partial charge in [0.25, 0.3) is 0 Å². The summed E-state index contributed by atoms with van der Waals surface area (Å²) in [6, 6.07) is 17.1. The highest BCUT2D eigenvalue weighted by Crippen LogP contribution is 2.24. The van der Waals surface area contributed by atoms with E-state index in [0.29, 0.717) is 11.7 Å². The van der Waals surface area contributed by atoms with Crippen LogP contribution in [0.5, 0.6) is 5.75 Å². The van der Waals surface area contributed by atoms with Crippen molar-refractivity contribution in [2.75, 3.05) is 11.1 Å². The van der Waals surface area contributed by atoms with E-state index in [4.69, 9.17) is 4.74 Å². The fourth-order valence-corrected chi connectivity index (χ4v) is 3.69. The fraction of sp³-hybridized carbons (Fsp3) is 0.250. The lowest BCUT2D eigenvalue weighted by molar-refractivity contribution is -0.113. The number of hydrogen-bond acceptors (Lipinski definition) is 5. The van der Waals surface area contributed by atoms with Crippen LogP contribution in [0.1, 0.15) is 25.8 Å². The summed E-state index contributed by atoms with van der Waals surface area (Å²) in [5.74, 6) is 1.68. The monoisotopic (exact) mass is 460 g/mol. The number of para-hydroxylation sites is 1. The zero-order chi connectivity index (χ0) is 19.9. The first-order valence-corrected chi connectivity index (χ1v) is 10.7. The summed E-state index contributed by atoms with van der Waals surface area (Å²) in [7, 11) is 0. The second kappa shape index (κ2) is 9.75. The molecule has 1 aromatic heterocycles. The van der Waals surface area contributed by atoms with E-state index < -0.39 is 0 Å². The van der Waals surface area contributed by atoms with Crippen molar-refractivity contribution in [2.24, 2.45) is 0 Å². The molecule has 6 nitrogen and oxygen atoms in total. The average molecular weight is 461 g/mol. The number of nitrogens with one attached hydrogen (secondary N) is 1. The summed E-state index contributed by atoms with van der Waals surface area (Å²) < 4.78 is 8.90. The number of nitrogens with zero attached hydrogens (tertiary/aromatic N) is 3. The van der Waals surface area contributed by atoms with Crippen LogP contribution in [-0.4, -0.2) is 26.4 Å². The number of ether oxygens (including phenoxy) is 1. The van der Waals surface area contributed by atoms with Gasteiger partial charge in [-0.15, -0.1) is 10.2 Å². The minimum atomic E-state index is -0.249. The minimum Gasteiger partial charge on any atom is -0.483 e. The Morgan fingerprint density at radius 3 is 2.57 bits per heavy atom. The summed E-state index contributed by atoms with van der Waals surface area (Å²) in [6.07, 6.45) is -0.249. The van der Waals surface area contributed by atoms with Crippen molar-refractivity contribution < 1.29 is 9.53 Å². The van der Waals surface area contributed by atoms with Gasteiger partial charge in [-0.2, -0.15) is 0 Å². The van der Waals surface area contributed by atoms with Gasteiger partial charge in [-0.3, -0.25) is 4.79 Å². The largest absolute Gasteiger partial charge is 0.483 e. The number of thioether (sulfide) groups is 1. The first-order chi connectivity index (χ1) is 13.6. The molecule has 8 heteroatoms. The standard InChI is InChI=1S/C20H21BrN4O2S/c1-3-25-19(14(2)27-17-7-5-4-6-8-17)23-24-20(25)28-13-18(26)22-16-11-9-15(21)10-12-16/h4-12,14H,3,13H2,1-2H3,(H,22,26)/t14-/m1/s1. The molecule has 3 aromatic rings. The number of halogens is 1. The highest BCUT2D eigenvalue weighted by Gasteiger charge is 2.19. The van der Waals surface area contributed by atoms with Crippen LogP contribution in [0.4, 0.5) is 5.69 Å². The number of rotatable bonds is 8. The molecule has 0 aliphatic heterocycles. The molecular formula is C20H21BrN4O2S. The van der Waals surface area contributed by atoms with E-state index in [1.165, 1.54) is 11.8 Å². The fourth-order valence-electron chi connectivity index (χ4n) is 2.62. The molecule has 1 N–H and O–H groups in total. The summed E-state index contributed by atoms with van der Waals surface area (Å²) in [4.78, 5) is 12.2. The Labute approximate surface area is 176 Å². The molecule has 2 aromatic carbocycles. The van der Waals surface area contributed by atoms with Gasteiger partial charge in [0.05, 0.1) is 5.75 Å². The number of benzene rings is 2. The maximum absolute atomic E-state index is 12.2. The van der Waals surface area contributed by atoms with Crippen LogP contribution in [0, 0.1) is 0 Å². The quantitative estimate of drug-likeness (QED) is 0.482. The molecule has 1 amide bonds. The Hall–Kier alpha value is -2.32. The van der Waals surface area contributed by atoms with Crippen molar-refractivity contribution in [1.29, 1.82) is 0 Å². The Morgan fingerprint density at radius 1 is 1.18 bits per heavy atom. The molecule has 0 radical (unpaired) electrons. The number of carbonyl (C=O) groups is 1. The number of hydrogen-bond donors (Lipinski definition) is 1. The van der Waals surface area contributed by atoms with Crippen LogP contribution in [0.25, 0.3) is 0 Å². The van der Waals surface area contributed by atoms with Crippen molar-refractivity contribution in [3.05, 3.63) is 64.9 Å². The predicted octanol–water partition coefficient (Wildman–Crippen LogP) is 4.93. The lowest BCUT2D eigenvalue weighted by Crippen LogP contribution is -2.15. The average Bonchev–Trinajstić information content (AvgIpc) is 3.12. The minimum absolute atomic E-state index is 0.0897. The summed E-state index contributed by atoms with van der Waals surface area (Å²) in [6.45, 7) is 4.66. The molecule has 0 fully saturated rings. The van der Waals surface area contributed by atoms with Gasteiger partial charge < -0.3 is 14.6 Å². The van der Waals surface area contributed by atoms with Crippen LogP contribution in [0.15, 0.2) is 64.2 Å². The molecule has 0 saturated heterocycles. The molecule has 0 aliphatic carbocycles. The third-order valence-corrected chi connectivity index (χ3v) is 5.44. The van der Waals surface area contributed by atoms with Crippen LogP contribution in [-0.2, 0) is 11.3 Å². The van der Waals surface area contributed by atoms with Gasteiger partial charge in [0, 0.05) is 16.7 Å². The maximum Gasteiger partial charge on any atom is 0.234 e. The number of carbonyl (C=O) groups excluding carboxylic acids is 1. The molecule has 0 bridgehead atoms. The molecule has 1 heterocycles. The first kappa shape index (κ1) is 20.4. The van der Waals surface area contributed by atoms with Gasteiger partial charge in [-0.25, -0.2) is 0 Å². The normalized spacial score (nSPS) is 11.8. The SMILES string of the molecule is CCn1c(SCC(=O)Nc2ccc(Br)cc2)nnc1[C@@H](C)Oc1ccccc1. The van der Waals surface area contributed by atoms with Crippen molar-refractivity contribution in [3.63, 3.8) is 0 Å². The van der Waals surface area contributed by atoms with E-state index in [2.05, 4.69) is 31.4 Å². The van der Waals surface area contributed by atoms with Gasteiger partial charge in [0.15, 0.2) is 17.1 Å². The highest BCUT2D eigenvalue weighted by molar-refractivity contribution is 9.10. The lowest BCUT2D eigenvalue weighted by Gasteiger charge is -2.15. The smallest absolute Gasteiger partial charge is 0.234 e. The zero-order valence-corrected chi connectivity index (χ0v) is 18.0. The molecule has 1 atom stereocenters. The second-order valence-electron chi connectivity index (χ2n) is 6.00. The molecule has 0 unspecified atom stereocenters. The Kier molecular flexibility index (Phi) is 7.11. The van der Waals surface area contributed by atoms with Gasteiger partial charge in [-0.1, -0.05) is 45.9 Å². The van der Waals surface area contributed by atoms with Crippen LogP contribution in [0.3, 0.4) is 0 Å². The van der Waals surface area contributed by atoms with Gasteiger partial charge in [-0.05, 0) is 50.2 Å². The van der Waals surface area contributed by atoms with Crippen LogP contribution >= 0.6 is 27.7 Å². The Bertz CT molecular complexity index is 916. The predicted molar refractivity (Wildman–Crippen MR) is 115 cm³/mol. The number of anilines is 1. The van der Waals surface area contributed by atoms with Crippen molar-refractivity contribution in [3.8, 4) is 5.75 Å². The first-order valence-electron chi connectivity index (χ1n) is 8.90. The number of amides is 1. The van der Waals surface area contributed by atoms with Gasteiger partial charge in [0.1, 0.15) is 5.75 Å². The third kappa shape index (κ3) is 5.36. The second-order valence-corrected chi connectivity index (χ2v) is 7.86. The topological polar surface area (TPSA) is 69.0 Å². The summed E-state index contributed by atoms with van der Waals surface area (Å²) in [5.41, 5.74) is 0.760. The van der Waals surface area contributed by atoms with Crippen molar-refractivity contribution in [1.82, 2.24) is 14.8 Å². The van der Waals surface area contributed by atoms with Gasteiger partial charge in [0.2, 0.25) is 5.91 Å². The Morgan fingerprint density at radius 2 is 1.89 bits per heavy atom. The van der Waals surface area contributed by atoms with E-state index in [-0.39, 0.29) is 17.8 Å². The molecule has 28 heavy (non-hydrogen) atoms. The number of aromatic nitrogens is 3. The van der Waals surface area contributed by atoms with E-state index >= 15 is 0 Å².